The number of rotatable bonds is 3. The summed E-state index contributed by atoms with van der Waals surface area (Å²) in [6.45, 7) is 0. The summed E-state index contributed by atoms with van der Waals surface area (Å²) in [6, 6.07) is 13.4. The highest BCUT2D eigenvalue weighted by atomic mass is 127. The number of hydrogen-bond acceptors (Lipinski definition) is 4. The lowest BCUT2D eigenvalue weighted by molar-refractivity contribution is 0.415. The third-order valence-corrected chi connectivity index (χ3v) is 4.55. The molecule has 0 bridgehead atoms. The molecule has 6 nitrogen and oxygen atoms in total. The summed E-state index contributed by atoms with van der Waals surface area (Å²) in [7, 11) is 1.61. The first-order valence-corrected chi connectivity index (χ1v) is 8.60. The molecule has 0 aliphatic rings. The van der Waals surface area contributed by atoms with Crippen LogP contribution in [0.1, 0.15) is 5.56 Å². The van der Waals surface area contributed by atoms with E-state index in [2.05, 4.69) is 37.7 Å². The summed E-state index contributed by atoms with van der Waals surface area (Å²) in [4.78, 5) is 20.2. The summed E-state index contributed by atoms with van der Waals surface area (Å²) in [5, 5.41) is 5.12. The molecule has 2 heterocycles. The van der Waals surface area contributed by atoms with Gasteiger partial charge in [0.25, 0.3) is 5.56 Å². The molecule has 0 radical (unpaired) electrons. The van der Waals surface area contributed by atoms with Crippen molar-refractivity contribution in [3.05, 3.63) is 68.3 Å². The highest BCUT2D eigenvalue weighted by Crippen LogP contribution is 2.25. The number of fused-ring (bicyclic) bond motifs is 3. The van der Waals surface area contributed by atoms with Crippen LogP contribution >= 0.6 is 22.6 Å². The van der Waals surface area contributed by atoms with Crippen molar-refractivity contribution in [3.63, 3.8) is 0 Å². The average Bonchev–Trinajstić information content (AvgIpc) is 3.00. The number of aromatic nitrogens is 3. The predicted molar refractivity (Wildman–Crippen MR) is 107 cm³/mol. The molecule has 0 fully saturated rings. The summed E-state index contributed by atoms with van der Waals surface area (Å²) in [5.41, 5.74) is 2.52. The Bertz CT molecular complexity index is 1180. The van der Waals surface area contributed by atoms with E-state index in [0.717, 1.165) is 25.8 Å². The largest absolute Gasteiger partial charge is 0.497 e. The zero-order chi connectivity index (χ0) is 17.4. The Morgan fingerprint density at radius 1 is 1.28 bits per heavy atom. The maximum absolute atomic E-state index is 12.7. The fraction of sp³-hybridized carbons (Fsp3) is 0.0556. The van der Waals surface area contributed by atoms with Crippen molar-refractivity contribution in [3.8, 4) is 5.75 Å². The Morgan fingerprint density at radius 2 is 2.16 bits per heavy atom. The van der Waals surface area contributed by atoms with Crippen LogP contribution in [0.4, 0.5) is 0 Å². The molecule has 7 heteroatoms. The van der Waals surface area contributed by atoms with Crippen LogP contribution in [-0.2, 0) is 0 Å². The van der Waals surface area contributed by atoms with Crippen molar-refractivity contribution in [2.24, 2.45) is 5.10 Å². The first-order valence-electron chi connectivity index (χ1n) is 7.53. The molecule has 2 aromatic heterocycles. The highest BCUT2D eigenvalue weighted by molar-refractivity contribution is 14.1. The van der Waals surface area contributed by atoms with E-state index in [-0.39, 0.29) is 5.56 Å². The molecular formula is C18H13IN4O2. The standard InChI is InChI=1S/C18H13IN4O2/c1-25-13-5-6-14-15(8-13)22-17-16(14)20-10-23(18(17)24)21-9-11-3-2-4-12(19)7-11/h2-10,22H,1H3. The van der Waals surface area contributed by atoms with Crippen LogP contribution in [-0.4, -0.2) is 28.0 Å². The summed E-state index contributed by atoms with van der Waals surface area (Å²) in [6.07, 6.45) is 3.08. The van der Waals surface area contributed by atoms with Gasteiger partial charge in [-0.15, -0.1) is 0 Å². The molecule has 0 saturated heterocycles. The summed E-state index contributed by atoms with van der Waals surface area (Å²) in [5.74, 6) is 0.719. The van der Waals surface area contributed by atoms with Crippen LogP contribution in [0.25, 0.3) is 21.9 Å². The van der Waals surface area contributed by atoms with Crippen LogP contribution in [0, 0.1) is 3.57 Å². The molecule has 0 atom stereocenters. The van der Waals surface area contributed by atoms with Gasteiger partial charge in [0.05, 0.1) is 18.8 Å². The van der Waals surface area contributed by atoms with Gasteiger partial charge in [0.1, 0.15) is 23.1 Å². The van der Waals surface area contributed by atoms with Crippen LogP contribution in [0.15, 0.2) is 58.7 Å². The Kier molecular flexibility index (Phi) is 4.00. The van der Waals surface area contributed by atoms with Gasteiger partial charge in [-0.2, -0.15) is 9.78 Å². The number of H-pyrrole nitrogens is 1. The second kappa shape index (κ2) is 6.32. The van der Waals surface area contributed by atoms with Gasteiger partial charge in [-0.25, -0.2) is 4.98 Å². The molecule has 0 aliphatic heterocycles. The van der Waals surface area contributed by atoms with Gasteiger partial charge < -0.3 is 9.72 Å². The predicted octanol–water partition coefficient (Wildman–Crippen LogP) is 3.37. The lowest BCUT2D eigenvalue weighted by atomic mass is 10.2. The molecule has 4 aromatic rings. The molecule has 4 rings (SSSR count). The highest BCUT2D eigenvalue weighted by Gasteiger charge is 2.11. The second-order valence-corrected chi connectivity index (χ2v) is 6.70. The maximum atomic E-state index is 12.7. The second-order valence-electron chi connectivity index (χ2n) is 5.45. The van der Waals surface area contributed by atoms with Gasteiger partial charge in [0, 0.05) is 15.0 Å². The van der Waals surface area contributed by atoms with E-state index in [1.54, 1.807) is 13.3 Å². The fourth-order valence-electron chi connectivity index (χ4n) is 2.66. The zero-order valence-electron chi connectivity index (χ0n) is 13.2. The molecular weight excluding hydrogens is 431 g/mol. The fourth-order valence-corrected chi connectivity index (χ4v) is 3.22. The van der Waals surface area contributed by atoms with Gasteiger partial charge in [-0.1, -0.05) is 12.1 Å². The molecule has 124 valence electrons. The molecule has 0 saturated carbocycles. The number of ether oxygens (including phenoxy) is 1. The molecule has 0 unspecified atom stereocenters. The van der Waals surface area contributed by atoms with Crippen LogP contribution in [0.2, 0.25) is 0 Å². The van der Waals surface area contributed by atoms with E-state index in [1.165, 1.54) is 11.0 Å². The summed E-state index contributed by atoms with van der Waals surface area (Å²) < 4.78 is 7.56. The Balaban J connectivity index is 1.82. The average molecular weight is 444 g/mol. The Hall–Kier alpha value is -2.68. The van der Waals surface area contributed by atoms with Crippen LogP contribution in [0.5, 0.6) is 5.75 Å². The van der Waals surface area contributed by atoms with E-state index in [0.29, 0.717) is 11.0 Å². The number of methoxy groups -OCH3 is 1. The van der Waals surface area contributed by atoms with Crippen LogP contribution in [0.3, 0.4) is 0 Å². The quantitative estimate of drug-likeness (QED) is 0.389. The van der Waals surface area contributed by atoms with Gasteiger partial charge in [-0.3, -0.25) is 4.79 Å². The number of nitrogens with zero attached hydrogens (tertiary/aromatic N) is 3. The third-order valence-electron chi connectivity index (χ3n) is 3.88. The maximum Gasteiger partial charge on any atom is 0.298 e. The van der Waals surface area contributed by atoms with Crippen molar-refractivity contribution in [1.82, 2.24) is 14.6 Å². The number of nitrogens with one attached hydrogen (secondary N) is 1. The smallest absolute Gasteiger partial charge is 0.298 e. The van der Waals surface area contributed by atoms with Crippen molar-refractivity contribution in [2.75, 3.05) is 7.11 Å². The lowest BCUT2D eigenvalue weighted by Gasteiger charge is -1.98. The number of aromatic amines is 1. The molecule has 0 spiro atoms. The number of hydrogen-bond donors (Lipinski definition) is 1. The minimum Gasteiger partial charge on any atom is -0.497 e. The molecule has 0 amide bonds. The Labute approximate surface area is 156 Å². The van der Waals surface area contributed by atoms with Gasteiger partial charge >= 0.3 is 0 Å². The van der Waals surface area contributed by atoms with E-state index < -0.39 is 0 Å². The first kappa shape index (κ1) is 15.8. The number of halogens is 1. The van der Waals surface area contributed by atoms with E-state index >= 15 is 0 Å². The molecule has 25 heavy (non-hydrogen) atoms. The molecule has 2 aromatic carbocycles. The Morgan fingerprint density at radius 3 is 2.96 bits per heavy atom. The topological polar surface area (TPSA) is 72.3 Å². The molecule has 1 N–H and O–H groups in total. The first-order chi connectivity index (χ1) is 12.2. The lowest BCUT2D eigenvalue weighted by Crippen LogP contribution is -2.17. The third kappa shape index (κ3) is 2.91. The summed E-state index contributed by atoms with van der Waals surface area (Å²) >= 11 is 2.23. The van der Waals surface area contributed by atoms with Gasteiger partial charge in [0.2, 0.25) is 0 Å². The van der Waals surface area contributed by atoms with Gasteiger partial charge in [-0.05, 0) is 52.4 Å². The van der Waals surface area contributed by atoms with Crippen molar-refractivity contribution in [2.45, 2.75) is 0 Å². The minimum atomic E-state index is -0.248. The van der Waals surface area contributed by atoms with Crippen molar-refractivity contribution in [1.29, 1.82) is 0 Å². The molecule has 0 aliphatic carbocycles. The minimum absolute atomic E-state index is 0.248. The van der Waals surface area contributed by atoms with Crippen molar-refractivity contribution < 1.29 is 4.74 Å². The normalized spacial score (nSPS) is 11.6. The van der Waals surface area contributed by atoms with Crippen molar-refractivity contribution >= 4 is 50.7 Å². The zero-order valence-corrected chi connectivity index (χ0v) is 15.4. The van der Waals surface area contributed by atoms with E-state index in [4.69, 9.17) is 4.74 Å². The number of benzene rings is 2. The van der Waals surface area contributed by atoms with E-state index in [1.807, 2.05) is 42.5 Å². The van der Waals surface area contributed by atoms with Crippen LogP contribution < -0.4 is 10.3 Å². The monoisotopic (exact) mass is 444 g/mol. The SMILES string of the molecule is COc1ccc2c(c1)[nH]c1c(=O)n(N=Cc3cccc(I)c3)cnc12. The van der Waals surface area contributed by atoms with Gasteiger partial charge in [0.15, 0.2) is 0 Å². The van der Waals surface area contributed by atoms with E-state index in [9.17, 15) is 4.79 Å².